The van der Waals surface area contributed by atoms with Crippen LogP contribution in [-0.4, -0.2) is 155 Å². The predicted octanol–water partition coefficient (Wildman–Crippen LogP) is 4.34. The number of ether oxygens (including phenoxy) is 4. The predicted molar refractivity (Wildman–Crippen MR) is 287 cm³/mol. The molecule has 3 aliphatic heterocycles. The van der Waals surface area contributed by atoms with E-state index in [4.69, 9.17) is 30.4 Å². The van der Waals surface area contributed by atoms with Gasteiger partial charge in [-0.1, -0.05) is 98.9 Å². The molecule has 428 valence electrons. The Morgan fingerprint density at radius 1 is 0.766 bits per heavy atom. The molecule has 3 heterocycles. The third-order valence-corrected chi connectivity index (χ3v) is 14.0. The summed E-state index contributed by atoms with van der Waals surface area (Å²) in [5, 5.41) is 97.3. The molecule has 2 saturated heterocycles. The first-order valence-electron chi connectivity index (χ1n) is 26.8. The van der Waals surface area contributed by atoms with Crippen LogP contribution in [0.15, 0.2) is 109 Å². The summed E-state index contributed by atoms with van der Waals surface area (Å²) >= 11 is 0. The highest BCUT2D eigenvalue weighted by molar-refractivity contribution is 5.96. The lowest BCUT2D eigenvalue weighted by Crippen LogP contribution is -2.56. The number of carboxylic acid groups (broad SMARTS) is 1. The number of aliphatic carboxylic acids is 1. The first-order chi connectivity index (χ1) is 36.5. The molecule has 0 radical (unpaired) electrons. The second kappa shape index (κ2) is 32.8. The maximum absolute atomic E-state index is 13.3. The number of carbonyl (C=O) groups excluding carboxylic acids is 3. The quantitative estimate of drug-likeness (QED) is 0.0671. The van der Waals surface area contributed by atoms with Crippen molar-refractivity contribution in [2.45, 2.75) is 196 Å². The number of nitrogens with two attached hydrogens (primary N) is 2. The Hall–Kier alpha value is -5.00. The largest absolute Gasteiger partial charge is 0.481 e. The summed E-state index contributed by atoms with van der Waals surface area (Å²) < 4.78 is 24.0. The van der Waals surface area contributed by atoms with E-state index in [0.29, 0.717) is 17.7 Å². The van der Waals surface area contributed by atoms with Gasteiger partial charge in [-0.15, -0.1) is 0 Å². The molecule has 19 nitrogen and oxygen atoms in total. The Labute approximate surface area is 451 Å². The average Bonchev–Trinajstić information content (AvgIpc) is 3.33. The number of nitrogen functional groups attached to an aromatic ring is 1. The van der Waals surface area contributed by atoms with E-state index < -0.39 is 135 Å². The number of benzene rings is 1. The highest BCUT2D eigenvalue weighted by Crippen LogP contribution is 2.38. The van der Waals surface area contributed by atoms with Crippen LogP contribution in [0.2, 0.25) is 0 Å². The minimum absolute atomic E-state index is 0.0939. The number of hydrogen-bond acceptors (Lipinski definition) is 18. The molecule has 0 saturated carbocycles. The fraction of sp³-hybridized carbons (Fsp3) is 0.586. The van der Waals surface area contributed by atoms with Crippen LogP contribution in [0.3, 0.4) is 0 Å². The van der Waals surface area contributed by atoms with Gasteiger partial charge in [0.2, 0.25) is 0 Å². The standard InChI is InChI=1S/C58H84N2O17/c1-36-17-14-12-10-8-6-4-5-7-9-11-13-15-20-47(75-53-33-48(60)55(70)38(3)74-53)32-51-54(57(71)72)50(68)35-58(73,77-51)34-46(66)28-42(62)19-16-18-41(61)27-44(64)29-45(65)31-52(69)76-56(36)37(2)21-26-43(63)30-49(67)39-22-24-40(59)25-23-39/h4-15,17,20,22-25,36-38,41-44,46-48,50-51,53-56,61-64,66,68,70,73H,16,18-19,21,26-35,59-60H2,1-3H3,(H,71,72)/b5-4+,8-6+,9-7+,12-10+,13-11+,17-14+,20-15+/t36?,37?,38-,41?,42?,43?,44?,46?,47?,48-,50?,51?,53+,54?,55-,56?,58?/m1/s1. The minimum Gasteiger partial charge on any atom is -0.481 e. The van der Waals surface area contributed by atoms with E-state index in [2.05, 4.69) is 0 Å². The second-order valence-electron chi connectivity index (χ2n) is 20.9. The van der Waals surface area contributed by atoms with Gasteiger partial charge in [-0.2, -0.15) is 0 Å². The summed E-state index contributed by atoms with van der Waals surface area (Å²) in [6, 6.07) is 5.76. The highest BCUT2D eigenvalue weighted by Gasteiger charge is 2.50. The number of esters is 1. The van der Waals surface area contributed by atoms with Gasteiger partial charge >= 0.3 is 11.9 Å². The Kier molecular flexibility index (Phi) is 27.5. The van der Waals surface area contributed by atoms with E-state index >= 15 is 0 Å². The van der Waals surface area contributed by atoms with Crippen molar-refractivity contribution in [1.29, 1.82) is 0 Å². The number of hydrogen-bond donors (Lipinski definition) is 11. The number of rotatable bonds is 10. The van der Waals surface area contributed by atoms with Gasteiger partial charge in [0, 0.05) is 61.7 Å². The summed E-state index contributed by atoms with van der Waals surface area (Å²) in [6.07, 6.45) is 10.1. The topological polar surface area (TPSA) is 339 Å². The third kappa shape index (κ3) is 23.5. The number of fused-ring (bicyclic) bond motifs is 2. The number of allylic oxidation sites excluding steroid dienone is 12. The first kappa shape index (κ1) is 64.5. The fourth-order valence-electron chi connectivity index (χ4n) is 9.85. The minimum atomic E-state index is -2.21. The lowest BCUT2D eigenvalue weighted by atomic mass is 9.82. The van der Waals surface area contributed by atoms with Crippen LogP contribution < -0.4 is 11.5 Å². The smallest absolute Gasteiger partial charge is 0.313 e. The van der Waals surface area contributed by atoms with Crippen LogP contribution in [0.1, 0.15) is 121 Å². The van der Waals surface area contributed by atoms with Gasteiger partial charge in [-0.05, 0) is 82.1 Å². The van der Waals surface area contributed by atoms with Gasteiger partial charge in [0.1, 0.15) is 24.2 Å². The van der Waals surface area contributed by atoms with Crippen LogP contribution in [0, 0.1) is 17.8 Å². The average molecular weight is 1080 g/mol. The van der Waals surface area contributed by atoms with Crippen molar-refractivity contribution in [3.8, 4) is 0 Å². The van der Waals surface area contributed by atoms with Crippen LogP contribution in [0.25, 0.3) is 0 Å². The molecule has 1 aromatic rings. The van der Waals surface area contributed by atoms with Crippen LogP contribution >= 0.6 is 0 Å². The Morgan fingerprint density at radius 2 is 1.34 bits per heavy atom. The number of cyclic esters (lactones) is 1. The molecular formula is C58H84N2O17. The van der Waals surface area contributed by atoms with Gasteiger partial charge in [-0.3, -0.25) is 19.2 Å². The molecule has 19 heteroatoms. The highest BCUT2D eigenvalue weighted by atomic mass is 16.7. The number of ketones is 2. The van der Waals surface area contributed by atoms with Gasteiger partial charge in [0.05, 0.1) is 61.0 Å². The zero-order valence-corrected chi connectivity index (χ0v) is 44.5. The van der Waals surface area contributed by atoms with E-state index in [1.807, 2.05) is 26.0 Å². The Bertz CT molecular complexity index is 2200. The number of anilines is 1. The summed E-state index contributed by atoms with van der Waals surface area (Å²) in [6.45, 7) is 5.35. The lowest BCUT2D eigenvalue weighted by Gasteiger charge is -2.45. The molecule has 4 rings (SSSR count). The molecular weight excluding hydrogens is 997 g/mol. The number of carboxylic acids is 1. The maximum atomic E-state index is 13.3. The molecule has 0 spiro atoms. The van der Waals surface area contributed by atoms with Crippen molar-refractivity contribution >= 4 is 29.2 Å². The van der Waals surface area contributed by atoms with Crippen molar-refractivity contribution in [3.63, 3.8) is 0 Å². The van der Waals surface area contributed by atoms with Crippen molar-refractivity contribution < 1.29 is 84.1 Å². The first-order valence-corrected chi connectivity index (χ1v) is 26.8. The normalized spacial score (nSPS) is 37.1. The van der Waals surface area contributed by atoms with Crippen LogP contribution in [0.5, 0.6) is 0 Å². The van der Waals surface area contributed by atoms with E-state index in [0.717, 1.165) is 0 Å². The molecule has 0 amide bonds. The Balaban J connectivity index is 1.51. The molecule has 17 atom stereocenters. The van der Waals surface area contributed by atoms with Crippen molar-refractivity contribution in [2.75, 3.05) is 5.73 Å². The lowest BCUT2D eigenvalue weighted by molar-refractivity contribution is -0.304. The van der Waals surface area contributed by atoms with E-state index in [1.165, 1.54) is 0 Å². The van der Waals surface area contributed by atoms with Crippen molar-refractivity contribution in [3.05, 3.63) is 115 Å². The van der Waals surface area contributed by atoms with E-state index in [1.54, 1.807) is 104 Å². The number of aliphatic hydroxyl groups is 8. The van der Waals surface area contributed by atoms with Gasteiger partial charge in [0.25, 0.3) is 0 Å². The third-order valence-electron chi connectivity index (χ3n) is 14.0. The van der Waals surface area contributed by atoms with E-state index in [9.17, 15) is 65.1 Å². The zero-order valence-electron chi connectivity index (χ0n) is 44.5. The second-order valence-corrected chi connectivity index (χ2v) is 20.9. The van der Waals surface area contributed by atoms with Crippen LogP contribution in [-0.2, 0) is 33.3 Å². The molecule has 2 fully saturated rings. The zero-order chi connectivity index (χ0) is 56.7. The van der Waals surface area contributed by atoms with Crippen LogP contribution in [0.4, 0.5) is 5.69 Å². The molecule has 13 unspecified atom stereocenters. The molecule has 3 aliphatic rings. The monoisotopic (exact) mass is 1080 g/mol. The molecule has 2 bridgehead atoms. The Morgan fingerprint density at radius 3 is 1.92 bits per heavy atom. The molecule has 0 aromatic heterocycles. The summed E-state index contributed by atoms with van der Waals surface area (Å²) in [4.78, 5) is 51.6. The summed E-state index contributed by atoms with van der Waals surface area (Å²) in [5.41, 5.74) is 12.8. The molecule has 13 N–H and O–H groups in total. The number of aliphatic hydroxyl groups excluding tert-OH is 7. The van der Waals surface area contributed by atoms with Crippen molar-refractivity contribution in [2.24, 2.45) is 23.5 Å². The molecule has 0 aliphatic carbocycles. The maximum Gasteiger partial charge on any atom is 0.313 e. The number of carbonyl (C=O) groups is 4. The SMILES string of the molecule is CC1/C=C/C=C/C=C/C=C/C=C/C=C/C=C/C(O[C@H]2C[C@@H](N)[C@H](O)[C@@H](C)O2)CC2OC(O)(CC(O)CC(O)CCCC(O)CC(O)CC(=O)CC(=O)OC1C(C)CCC(O)CC(=O)c1ccc(N)cc1)CC(O)C2C(=O)O. The molecule has 77 heavy (non-hydrogen) atoms. The molecule has 1 aromatic carbocycles. The summed E-state index contributed by atoms with van der Waals surface area (Å²) in [5.74, 6) is -7.41. The van der Waals surface area contributed by atoms with Gasteiger partial charge in [-0.25, -0.2) is 0 Å². The summed E-state index contributed by atoms with van der Waals surface area (Å²) in [7, 11) is 0. The number of Topliss-reactive ketones (excluding diaryl/α,β-unsaturated/α-hetero) is 2. The van der Waals surface area contributed by atoms with Crippen molar-refractivity contribution in [1.82, 2.24) is 0 Å². The van der Waals surface area contributed by atoms with Gasteiger partial charge in [0.15, 0.2) is 17.9 Å². The van der Waals surface area contributed by atoms with E-state index in [-0.39, 0.29) is 75.4 Å². The fourth-order valence-corrected chi connectivity index (χ4v) is 9.85. The van der Waals surface area contributed by atoms with Gasteiger partial charge < -0.3 is 76.4 Å².